The van der Waals surface area contributed by atoms with E-state index in [1.807, 2.05) is 0 Å². The number of carbonyl (C=O) groups excluding carboxylic acids is 3. The zero-order chi connectivity index (χ0) is 74.4. The Morgan fingerprint density at radius 1 is 0.565 bits per heavy atom. The largest absolute Gasteiger partial charge is 0.393 e. The minimum atomic E-state index is -3.49. The first-order valence-electron chi connectivity index (χ1n) is 34.2. The number of primary amides is 3. The number of amides is 3. The number of carbonyl (C=O) groups is 3. The van der Waals surface area contributed by atoms with Gasteiger partial charge in [0.1, 0.15) is 17.5 Å². The van der Waals surface area contributed by atoms with Crippen molar-refractivity contribution < 1.29 is 65.3 Å². The predicted octanol–water partition coefficient (Wildman–Crippen LogP) is 5.24. The van der Waals surface area contributed by atoms with E-state index in [4.69, 9.17) is 52.8 Å². The molecule has 10 atom stereocenters. The Balaban J connectivity index is 0.000000303. The summed E-state index contributed by atoms with van der Waals surface area (Å²) in [6.07, 6.45) is -27.7. The summed E-state index contributed by atoms with van der Waals surface area (Å²) in [6, 6.07) is -9.19. The first-order chi connectivity index (χ1) is 42.0. The maximum atomic E-state index is 11.9. The van der Waals surface area contributed by atoms with E-state index in [0.29, 0.717) is 0 Å². The number of hydrogen-bond acceptors (Lipinski definition) is 18. The van der Waals surface area contributed by atoms with Gasteiger partial charge in [-0.25, -0.2) is 15.0 Å². The molecule has 3 heterocycles. The topological polar surface area (TPSA) is 339 Å². The van der Waals surface area contributed by atoms with E-state index in [0.717, 1.165) is 18.6 Å². The standard InChI is InChI=1S/3C16H27N5O2/c3*1-9-5-6-10(7-12(9)22)19-14-11(13(17)23)8-18-15(20-14)21-16(2,3)4/h3*8-10,12,22H,5-7H2,1-4H3,(H2,17,23)(H2,18,19,20,21)/i1D3,6D2,7D2,10D,12D;1D3,5D,6D2,7D2,10D;1D3,6D2,7D2,10D. The molecule has 3 amide bonds. The van der Waals surface area contributed by atoms with Crippen molar-refractivity contribution in [1.82, 2.24) is 29.9 Å². The van der Waals surface area contributed by atoms with E-state index >= 15 is 0 Å². The fraction of sp³-hybridized carbons (Fsp3) is 0.688. The normalized spacial score (nSPS) is 40.8. The lowest BCUT2D eigenvalue weighted by atomic mass is 9.85. The van der Waals surface area contributed by atoms with E-state index < -0.39 is 195 Å². The maximum Gasteiger partial charge on any atom is 0.254 e. The average Bonchev–Trinajstić information content (AvgIpc) is 0.710. The number of aromatic nitrogens is 6. The van der Waals surface area contributed by atoms with Gasteiger partial charge in [0.05, 0.1) is 40.5 Å². The molecule has 69 heavy (non-hydrogen) atoms. The average molecular weight is 990 g/mol. The summed E-state index contributed by atoms with van der Waals surface area (Å²) in [5.41, 5.74) is 13.3. The van der Waals surface area contributed by atoms with Crippen LogP contribution in [0.2, 0.25) is 0 Å². The molecule has 3 aliphatic carbocycles. The zero-order valence-electron chi connectivity index (χ0n) is 65.6. The third-order valence-corrected chi connectivity index (χ3v) is 8.63. The molecule has 10 unspecified atom stereocenters. The van der Waals surface area contributed by atoms with Gasteiger partial charge < -0.3 is 64.4 Å². The van der Waals surface area contributed by atoms with Crippen LogP contribution in [-0.4, -0.2) is 116 Å². The van der Waals surface area contributed by atoms with Gasteiger partial charge in [0, 0.05) is 83.4 Å². The molecule has 0 bridgehead atoms. The number of aliphatic hydroxyl groups is 3. The Hall–Kier alpha value is -5.67. The second-order valence-electron chi connectivity index (χ2n) is 18.5. The molecule has 0 radical (unpaired) electrons. The lowest BCUT2D eigenvalue weighted by Gasteiger charge is -2.32. The van der Waals surface area contributed by atoms with Gasteiger partial charge in [-0.3, -0.25) is 14.4 Å². The van der Waals surface area contributed by atoms with Crippen molar-refractivity contribution in [2.45, 2.75) is 193 Å². The highest BCUT2D eigenvalue weighted by atomic mass is 16.3. The molecule has 15 N–H and O–H groups in total. The first kappa shape index (κ1) is 28.9. The van der Waals surface area contributed by atoms with Crippen LogP contribution in [0.3, 0.4) is 0 Å². The van der Waals surface area contributed by atoms with Crippen molar-refractivity contribution in [2.24, 2.45) is 35.0 Å². The van der Waals surface area contributed by atoms with Crippen molar-refractivity contribution >= 4 is 53.0 Å². The molecule has 384 valence electrons. The lowest BCUT2D eigenvalue weighted by molar-refractivity contribution is 0.0737. The molecule has 3 fully saturated rings. The minimum Gasteiger partial charge on any atom is -0.393 e. The number of nitrogens with one attached hydrogen (secondary N) is 6. The fourth-order valence-corrected chi connectivity index (χ4v) is 5.47. The van der Waals surface area contributed by atoms with Crippen LogP contribution in [0.4, 0.5) is 35.3 Å². The van der Waals surface area contributed by atoms with E-state index in [1.54, 1.807) is 62.3 Å². The molecule has 0 saturated heterocycles. The predicted molar refractivity (Wildman–Crippen MR) is 271 cm³/mol. The van der Waals surface area contributed by atoms with Gasteiger partial charge in [0.2, 0.25) is 17.8 Å². The van der Waals surface area contributed by atoms with E-state index in [2.05, 4.69) is 61.8 Å². The van der Waals surface area contributed by atoms with Crippen LogP contribution in [0.5, 0.6) is 0 Å². The smallest absolute Gasteiger partial charge is 0.254 e. The third kappa shape index (κ3) is 18.3. The monoisotopic (exact) mass is 990 g/mol. The van der Waals surface area contributed by atoms with Crippen molar-refractivity contribution in [3.63, 3.8) is 0 Å². The second-order valence-corrected chi connectivity index (χ2v) is 18.5. The number of nitrogens with zero attached hydrogens (tertiary/aromatic N) is 6. The summed E-state index contributed by atoms with van der Waals surface area (Å²) < 4.78 is 210. The lowest BCUT2D eigenvalue weighted by Crippen LogP contribution is -2.36. The van der Waals surface area contributed by atoms with Crippen LogP contribution in [-0.2, 0) is 0 Å². The fourth-order valence-electron chi connectivity index (χ4n) is 5.47. The highest BCUT2D eigenvalue weighted by Crippen LogP contribution is 2.30. The van der Waals surface area contributed by atoms with Gasteiger partial charge in [-0.1, -0.05) is 20.6 Å². The second kappa shape index (κ2) is 23.8. The highest BCUT2D eigenvalue weighted by molar-refractivity contribution is 5.98. The number of hydrogen-bond donors (Lipinski definition) is 12. The van der Waals surface area contributed by atoms with Crippen LogP contribution < -0.4 is 49.1 Å². The summed E-state index contributed by atoms with van der Waals surface area (Å²) in [5.74, 6) is -10.6. The van der Waals surface area contributed by atoms with E-state index in [9.17, 15) is 29.7 Å². The van der Waals surface area contributed by atoms with Gasteiger partial charge in [0.25, 0.3) is 17.7 Å². The molecule has 3 aromatic heterocycles. The Labute approximate surface area is 444 Å². The van der Waals surface area contributed by atoms with E-state index in [-0.39, 0.29) is 23.4 Å². The molecule has 3 aliphatic rings. The SMILES string of the molecule is [2H]C([2H])([2H])C1CC([2H])([2H])C([2H])(Nc2nc(NC(C)(C)C)ncc2C(N)=O)C([2H])([2H])C1([2H])O.[2H]C([2H])([2H])C1CC([2H])([2H])C([2H])(Nc2nc(NC(C)(C)C)ncc2C(N)=O)C([2H])([2H])C1O.[2H]C1C(C([2H])([2H])[2H])C(O)C([2H])([2H])C([2H])(Nc2nc(NC(C)(C)C)ncc2C(N)=O)C1([2H])[2H]. The first-order valence-corrected chi connectivity index (χ1v) is 21.2. The molecule has 0 aromatic carbocycles. The van der Waals surface area contributed by atoms with Crippen LogP contribution in [0.15, 0.2) is 18.6 Å². The molecule has 0 spiro atoms. The summed E-state index contributed by atoms with van der Waals surface area (Å²) in [7, 11) is 0. The molecule has 3 saturated carbocycles. The Morgan fingerprint density at radius 2 is 0.899 bits per heavy atom. The molecular weight excluding hydrogens is 883 g/mol. The zero-order valence-corrected chi connectivity index (χ0v) is 39.6. The Bertz CT molecular complexity index is 3210. The molecule has 0 aliphatic heterocycles. The van der Waals surface area contributed by atoms with Crippen molar-refractivity contribution in [3.8, 4) is 0 Å². The summed E-state index contributed by atoms with van der Waals surface area (Å²) in [5, 5.41) is 47.0. The van der Waals surface area contributed by atoms with Gasteiger partial charge >= 0.3 is 0 Å². The molecule has 6 rings (SSSR count). The van der Waals surface area contributed by atoms with Gasteiger partial charge in [-0.05, 0) is 138 Å². The van der Waals surface area contributed by atoms with Crippen molar-refractivity contribution in [1.29, 1.82) is 0 Å². The summed E-state index contributed by atoms with van der Waals surface area (Å²) >= 11 is 0. The maximum absolute atomic E-state index is 11.9. The number of aliphatic hydroxyl groups excluding tert-OH is 2. The van der Waals surface area contributed by atoms with Crippen LogP contribution in [0.25, 0.3) is 0 Å². The molecular formula is C48H81N15O6. The summed E-state index contributed by atoms with van der Waals surface area (Å²) in [4.78, 5) is 59.5. The van der Waals surface area contributed by atoms with Crippen LogP contribution in [0.1, 0.15) is 207 Å². The van der Waals surface area contributed by atoms with Gasteiger partial charge in [0.15, 0.2) is 0 Å². The van der Waals surface area contributed by atoms with Crippen LogP contribution in [0, 0.1) is 17.8 Å². The summed E-state index contributed by atoms with van der Waals surface area (Å²) in [6.45, 7) is 7.13. The van der Waals surface area contributed by atoms with Gasteiger partial charge in [-0.15, -0.1) is 0 Å². The number of nitrogens with two attached hydrogens (primary N) is 3. The molecule has 21 heteroatoms. The van der Waals surface area contributed by atoms with Crippen molar-refractivity contribution in [3.05, 3.63) is 35.3 Å². The number of rotatable bonds is 12. The van der Waals surface area contributed by atoms with Crippen LogP contribution >= 0.6 is 0 Å². The van der Waals surface area contributed by atoms with Gasteiger partial charge in [-0.2, -0.15) is 15.0 Å². The quantitative estimate of drug-likeness (QED) is 0.110. The number of anilines is 6. The Morgan fingerprint density at radius 3 is 1.25 bits per heavy atom. The highest BCUT2D eigenvalue weighted by Gasteiger charge is 2.30. The Kier molecular flexibility index (Phi) is 9.94. The van der Waals surface area contributed by atoms with E-state index in [1.165, 1.54) is 0 Å². The molecule has 3 aromatic rings. The third-order valence-electron chi connectivity index (χ3n) is 8.63. The minimum absolute atomic E-state index is 0.00134. The molecule has 21 nitrogen and oxygen atoms in total. The van der Waals surface area contributed by atoms with Crippen molar-refractivity contribution in [2.75, 3.05) is 31.9 Å².